The van der Waals surface area contributed by atoms with Crippen LogP contribution in [0.4, 0.5) is 17.6 Å². The van der Waals surface area contributed by atoms with Crippen LogP contribution in [0.1, 0.15) is 18.0 Å². The maximum Gasteiger partial charge on any atom is 0.409 e. The van der Waals surface area contributed by atoms with Gasteiger partial charge in [-0.3, -0.25) is 10.2 Å². The van der Waals surface area contributed by atoms with Gasteiger partial charge in [0.1, 0.15) is 5.82 Å². The van der Waals surface area contributed by atoms with Crippen LogP contribution >= 0.6 is 0 Å². The summed E-state index contributed by atoms with van der Waals surface area (Å²) >= 11 is 0. The second kappa shape index (κ2) is 5.24. The molecule has 1 amide bonds. The van der Waals surface area contributed by atoms with Gasteiger partial charge in [-0.1, -0.05) is 36.4 Å². The lowest BCUT2D eigenvalue weighted by Gasteiger charge is -2.29. The van der Waals surface area contributed by atoms with Gasteiger partial charge in [0.05, 0.1) is 0 Å². The number of fused-ring (bicyclic) bond motifs is 1. The largest absolute Gasteiger partial charge is 0.409 e. The highest BCUT2D eigenvalue weighted by Crippen LogP contribution is 2.40. The Morgan fingerprint density at radius 3 is 2.50 bits per heavy atom. The number of nitrogens with one attached hydrogen (secondary N) is 1. The highest BCUT2D eigenvalue weighted by atomic mass is 19.4. The lowest BCUT2D eigenvalue weighted by Crippen LogP contribution is -2.44. The minimum Gasteiger partial charge on any atom is -0.288 e. The maximum atomic E-state index is 14.6. The summed E-state index contributed by atoms with van der Waals surface area (Å²) in [5, 5.41) is 1.39. The molecule has 1 aliphatic rings. The number of rotatable bonds is 2. The molecule has 0 saturated carbocycles. The van der Waals surface area contributed by atoms with Gasteiger partial charge in [0.25, 0.3) is 0 Å². The van der Waals surface area contributed by atoms with Crippen molar-refractivity contribution in [1.82, 2.24) is 10.4 Å². The molecule has 2 aromatic carbocycles. The van der Waals surface area contributed by atoms with E-state index < -0.39 is 29.5 Å². The Labute approximate surface area is 123 Å². The van der Waals surface area contributed by atoms with Gasteiger partial charge in [0.15, 0.2) is 6.04 Å². The van der Waals surface area contributed by atoms with Crippen LogP contribution in [0.25, 0.3) is 10.8 Å². The quantitative estimate of drug-likeness (QED) is 0.863. The average Bonchev–Trinajstić information content (AvgIpc) is 2.87. The van der Waals surface area contributed by atoms with Gasteiger partial charge < -0.3 is 0 Å². The summed E-state index contributed by atoms with van der Waals surface area (Å²) in [5.74, 6) is -1.42. The first-order chi connectivity index (χ1) is 10.4. The predicted octanol–water partition coefficient (Wildman–Crippen LogP) is 3.32. The molecule has 0 spiro atoms. The molecule has 0 radical (unpaired) electrons. The van der Waals surface area contributed by atoms with E-state index in [1.54, 1.807) is 18.2 Å². The number of hydrazine groups is 1. The number of carbonyl (C=O) groups excluding carboxylic acids is 1. The molecule has 2 aromatic rings. The molecule has 0 aromatic heterocycles. The molecular weight excluding hydrogens is 300 g/mol. The molecule has 3 rings (SSSR count). The van der Waals surface area contributed by atoms with E-state index in [4.69, 9.17) is 0 Å². The molecule has 1 saturated heterocycles. The van der Waals surface area contributed by atoms with Crippen molar-refractivity contribution in [3.8, 4) is 0 Å². The van der Waals surface area contributed by atoms with E-state index in [1.165, 1.54) is 12.1 Å². The van der Waals surface area contributed by atoms with Gasteiger partial charge >= 0.3 is 6.18 Å². The molecule has 1 unspecified atom stereocenters. The third-order valence-electron chi connectivity index (χ3n) is 3.66. The maximum absolute atomic E-state index is 14.6. The van der Waals surface area contributed by atoms with Crippen molar-refractivity contribution in [3.05, 3.63) is 47.8 Å². The highest BCUT2D eigenvalue weighted by Gasteiger charge is 2.48. The Balaban J connectivity index is 2.12. The second-order valence-corrected chi connectivity index (χ2v) is 5.11. The number of nitrogens with zero attached hydrogens (tertiary/aromatic N) is 1. The summed E-state index contributed by atoms with van der Waals surface area (Å²) in [5.41, 5.74) is 1.65. The molecule has 7 heteroatoms. The molecule has 1 atom stereocenters. The van der Waals surface area contributed by atoms with Crippen molar-refractivity contribution in [2.45, 2.75) is 18.6 Å². The number of hydrogen-bond donors (Lipinski definition) is 1. The zero-order valence-corrected chi connectivity index (χ0v) is 11.3. The summed E-state index contributed by atoms with van der Waals surface area (Å²) in [6.07, 6.45) is -4.75. The van der Waals surface area contributed by atoms with E-state index in [2.05, 4.69) is 5.43 Å². The van der Waals surface area contributed by atoms with Crippen LogP contribution in [0.5, 0.6) is 0 Å². The third kappa shape index (κ3) is 2.52. The Morgan fingerprint density at radius 1 is 1.14 bits per heavy atom. The zero-order chi connectivity index (χ0) is 15.9. The predicted molar refractivity (Wildman–Crippen MR) is 72.2 cm³/mol. The van der Waals surface area contributed by atoms with Crippen molar-refractivity contribution in [2.24, 2.45) is 0 Å². The number of hydrogen-bond acceptors (Lipinski definition) is 2. The first-order valence-corrected chi connectivity index (χ1v) is 6.68. The fourth-order valence-corrected chi connectivity index (χ4v) is 2.67. The Bertz CT molecular complexity index is 729. The zero-order valence-electron chi connectivity index (χ0n) is 11.3. The SMILES string of the molecule is O=C1CCN(C(c2ccc3ccccc3c2F)C(F)(F)F)N1. The Morgan fingerprint density at radius 2 is 1.86 bits per heavy atom. The number of alkyl halides is 3. The van der Waals surface area contributed by atoms with Gasteiger partial charge in [-0.05, 0) is 5.39 Å². The average molecular weight is 312 g/mol. The molecule has 3 nitrogen and oxygen atoms in total. The first kappa shape index (κ1) is 14.8. The fraction of sp³-hybridized carbons (Fsp3) is 0.267. The van der Waals surface area contributed by atoms with E-state index in [0.29, 0.717) is 5.39 Å². The lowest BCUT2D eigenvalue weighted by atomic mass is 10.00. The van der Waals surface area contributed by atoms with Crippen molar-refractivity contribution in [3.63, 3.8) is 0 Å². The van der Waals surface area contributed by atoms with Crippen LogP contribution in [-0.4, -0.2) is 23.6 Å². The smallest absolute Gasteiger partial charge is 0.288 e. The molecule has 1 fully saturated rings. The minimum atomic E-state index is -4.71. The van der Waals surface area contributed by atoms with Gasteiger partial charge in [0.2, 0.25) is 5.91 Å². The van der Waals surface area contributed by atoms with E-state index in [1.807, 2.05) is 0 Å². The Hall–Kier alpha value is -2.15. The molecule has 116 valence electrons. The molecule has 0 bridgehead atoms. The van der Waals surface area contributed by atoms with E-state index in [-0.39, 0.29) is 18.4 Å². The summed E-state index contributed by atoms with van der Waals surface area (Å²) in [6.45, 7) is -0.116. The monoisotopic (exact) mass is 312 g/mol. The molecule has 1 heterocycles. The van der Waals surface area contributed by atoms with Crippen molar-refractivity contribution in [1.29, 1.82) is 0 Å². The van der Waals surface area contributed by atoms with E-state index >= 15 is 0 Å². The summed E-state index contributed by atoms with van der Waals surface area (Å²) < 4.78 is 54.8. The van der Waals surface area contributed by atoms with E-state index in [0.717, 1.165) is 11.1 Å². The van der Waals surface area contributed by atoms with Gasteiger partial charge in [0, 0.05) is 23.9 Å². The minimum absolute atomic E-state index is 0.0399. The Kier molecular flexibility index (Phi) is 3.52. The highest BCUT2D eigenvalue weighted by molar-refractivity contribution is 5.84. The van der Waals surface area contributed by atoms with E-state index in [9.17, 15) is 22.4 Å². The van der Waals surface area contributed by atoms with Crippen LogP contribution in [0, 0.1) is 5.82 Å². The van der Waals surface area contributed by atoms with Crippen LogP contribution in [-0.2, 0) is 4.79 Å². The standard InChI is InChI=1S/C15H12F4N2O/c16-13-10-4-2-1-3-9(10)5-6-11(13)14(15(17,18)19)21-8-7-12(22)20-21/h1-6,14H,7-8H2,(H,20,22). The first-order valence-electron chi connectivity index (χ1n) is 6.68. The number of carbonyl (C=O) groups is 1. The van der Waals surface area contributed by atoms with Crippen molar-refractivity contribution in [2.75, 3.05) is 6.54 Å². The normalized spacial score (nSPS) is 17.7. The van der Waals surface area contributed by atoms with Crippen molar-refractivity contribution >= 4 is 16.7 Å². The lowest BCUT2D eigenvalue weighted by molar-refractivity contribution is -0.191. The van der Waals surface area contributed by atoms with Crippen molar-refractivity contribution < 1.29 is 22.4 Å². The topological polar surface area (TPSA) is 32.3 Å². The number of amides is 1. The number of halogens is 4. The molecule has 1 N–H and O–H groups in total. The van der Waals surface area contributed by atoms with Gasteiger partial charge in [-0.15, -0.1) is 0 Å². The molecule has 1 aliphatic heterocycles. The van der Waals surface area contributed by atoms with Gasteiger partial charge in [-0.2, -0.15) is 13.2 Å². The third-order valence-corrected chi connectivity index (χ3v) is 3.66. The summed E-state index contributed by atoms with van der Waals surface area (Å²) in [4.78, 5) is 11.2. The van der Waals surface area contributed by atoms with Crippen LogP contribution in [0.3, 0.4) is 0 Å². The van der Waals surface area contributed by atoms with Gasteiger partial charge in [-0.25, -0.2) is 9.40 Å². The fourth-order valence-electron chi connectivity index (χ4n) is 2.67. The summed E-state index contributed by atoms with van der Waals surface area (Å²) in [7, 11) is 0. The molecular formula is C15H12F4N2O. The van der Waals surface area contributed by atoms with Crippen LogP contribution in [0.15, 0.2) is 36.4 Å². The number of benzene rings is 2. The molecule has 0 aliphatic carbocycles. The summed E-state index contributed by atoms with van der Waals surface area (Å²) in [6, 6.07) is 6.68. The van der Waals surface area contributed by atoms with Crippen LogP contribution < -0.4 is 5.43 Å². The second-order valence-electron chi connectivity index (χ2n) is 5.11. The van der Waals surface area contributed by atoms with Crippen LogP contribution in [0.2, 0.25) is 0 Å². The molecule has 22 heavy (non-hydrogen) atoms.